The van der Waals surface area contributed by atoms with Crippen LogP contribution in [0, 0.1) is 5.82 Å². The largest absolute Gasteiger partial charge is 0.497 e. The molecule has 0 aliphatic carbocycles. The smallest absolute Gasteiger partial charge is 0.241 e. The van der Waals surface area contributed by atoms with Crippen LogP contribution in [0.2, 0.25) is 0 Å². The summed E-state index contributed by atoms with van der Waals surface area (Å²) < 4.78 is 43.1. The molecule has 2 aromatic carbocycles. The third kappa shape index (κ3) is 5.19. The second-order valence-electron chi connectivity index (χ2n) is 5.81. The Labute approximate surface area is 152 Å². The van der Waals surface area contributed by atoms with E-state index in [2.05, 4.69) is 5.32 Å². The predicted octanol–water partition coefficient (Wildman–Crippen LogP) is 2.48. The highest BCUT2D eigenvalue weighted by Gasteiger charge is 2.22. The van der Waals surface area contributed by atoms with Gasteiger partial charge in [0.2, 0.25) is 15.9 Å². The second kappa shape index (κ2) is 8.18. The van der Waals surface area contributed by atoms with Crippen LogP contribution in [0.3, 0.4) is 0 Å². The molecule has 0 aromatic heterocycles. The zero-order valence-electron chi connectivity index (χ0n) is 14.8. The van der Waals surface area contributed by atoms with E-state index in [1.807, 2.05) is 12.1 Å². The number of rotatable bonds is 7. The number of carbonyl (C=O) groups is 1. The van der Waals surface area contributed by atoms with Crippen molar-refractivity contribution in [3.05, 3.63) is 59.9 Å². The molecule has 1 N–H and O–H groups in total. The molecule has 1 amide bonds. The summed E-state index contributed by atoms with van der Waals surface area (Å²) in [6.45, 7) is 1.40. The number of hydrogen-bond acceptors (Lipinski definition) is 4. The first kappa shape index (κ1) is 19.7. The van der Waals surface area contributed by atoms with E-state index in [0.29, 0.717) is 5.75 Å². The number of anilines is 1. The fourth-order valence-corrected chi connectivity index (χ4v) is 3.26. The molecule has 0 heterocycles. The van der Waals surface area contributed by atoms with Gasteiger partial charge in [0, 0.05) is 0 Å². The van der Waals surface area contributed by atoms with E-state index < -0.39 is 28.3 Å². The second-order valence-corrected chi connectivity index (χ2v) is 7.72. The molecule has 0 bridgehead atoms. The molecular formula is C18H21FN2O4S. The summed E-state index contributed by atoms with van der Waals surface area (Å²) in [6, 6.07) is 11.8. The molecule has 0 aliphatic heterocycles. The van der Waals surface area contributed by atoms with Gasteiger partial charge < -0.3 is 10.1 Å². The van der Waals surface area contributed by atoms with E-state index in [4.69, 9.17) is 4.74 Å². The first-order valence-electron chi connectivity index (χ1n) is 7.87. The topological polar surface area (TPSA) is 75.7 Å². The minimum atomic E-state index is -3.70. The predicted molar refractivity (Wildman–Crippen MR) is 98.1 cm³/mol. The lowest BCUT2D eigenvalue weighted by molar-refractivity contribution is -0.120. The highest BCUT2D eigenvalue weighted by Crippen LogP contribution is 2.19. The van der Waals surface area contributed by atoms with Gasteiger partial charge in [-0.1, -0.05) is 12.1 Å². The van der Waals surface area contributed by atoms with Crippen molar-refractivity contribution in [2.24, 2.45) is 0 Å². The van der Waals surface area contributed by atoms with Crippen LogP contribution in [-0.2, 0) is 14.8 Å². The molecule has 8 heteroatoms. The van der Waals surface area contributed by atoms with Gasteiger partial charge >= 0.3 is 0 Å². The maximum atomic E-state index is 13.1. The van der Waals surface area contributed by atoms with Gasteiger partial charge in [0.1, 0.15) is 18.1 Å². The third-order valence-electron chi connectivity index (χ3n) is 3.80. The zero-order valence-corrected chi connectivity index (χ0v) is 15.6. The molecule has 0 radical (unpaired) electrons. The molecule has 26 heavy (non-hydrogen) atoms. The highest BCUT2D eigenvalue weighted by molar-refractivity contribution is 7.92. The summed E-state index contributed by atoms with van der Waals surface area (Å²) in [6.07, 6.45) is 0.997. The Morgan fingerprint density at radius 2 is 1.73 bits per heavy atom. The number of hydrogen-bond donors (Lipinski definition) is 1. The first-order valence-corrected chi connectivity index (χ1v) is 9.72. The lowest BCUT2D eigenvalue weighted by Gasteiger charge is -2.23. The summed E-state index contributed by atoms with van der Waals surface area (Å²) in [5, 5.41) is 2.76. The standard InChI is InChI=1S/C18H21FN2O4S/c1-13(14-4-10-17(25-2)11-5-14)20-18(22)12-21(26(3,23)24)16-8-6-15(19)7-9-16/h4-11,13H,12H2,1-3H3,(H,20,22). The number of nitrogens with zero attached hydrogens (tertiary/aromatic N) is 1. The summed E-state index contributed by atoms with van der Waals surface area (Å²) in [5.41, 5.74) is 1.08. The Kier molecular flexibility index (Phi) is 6.20. The van der Waals surface area contributed by atoms with Crippen LogP contribution >= 0.6 is 0 Å². The van der Waals surface area contributed by atoms with E-state index in [1.54, 1.807) is 26.2 Å². The van der Waals surface area contributed by atoms with Crippen LogP contribution in [0.5, 0.6) is 5.75 Å². The number of nitrogens with one attached hydrogen (secondary N) is 1. The SMILES string of the molecule is COc1ccc(C(C)NC(=O)CN(c2ccc(F)cc2)S(C)(=O)=O)cc1. The normalized spacial score (nSPS) is 12.3. The van der Waals surface area contributed by atoms with Crippen LogP contribution in [0.1, 0.15) is 18.5 Å². The molecule has 2 rings (SSSR count). The molecule has 2 aromatic rings. The molecule has 0 fully saturated rings. The summed E-state index contributed by atoms with van der Waals surface area (Å²) in [4.78, 5) is 12.3. The van der Waals surface area contributed by atoms with Crippen LogP contribution in [0.15, 0.2) is 48.5 Å². The number of sulfonamides is 1. The quantitative estimate of drug-likeness (QED) is 0.801. The number of benzene rings is 2. The average molecular weight is 380 g/mol. The van der Waals surface area contributed by atoms with Gasteiger partial charge in [-0.3, -0.25) is 9.10 Å². The Hall–Kier alpha value is -2.61. The Bertz CT molecular complexity index is 852. The highest BCUT2D eigenvalue weighted by atomic mass is 32.2. The van der Waals surface area contributed by atoms with E-state index in [9.17, 15) is 17.6 Å². The van der Waals surface area contributed by atoms with Crippen molar-refractivity contribution < 1.29 is 22.3 Å². The van der Waals surface area contributed by atoms with Crippen LogP contribution in [0.4, 0.5) is 10.1 Å². The van der Waals surface area contributed by atoms with Gasteiger partial charge in [0.15, 0.2) is 0 Å². The van der Waals surface area contributed by atoms with Crippen molar-refractivity contribution in [2.45, 2.75) is 13.0 Å². The minimum absolute atomic E-state index is 0.223. The van der Waals surface area contributed by atoms with Crippen LogP contribution < -0.4 is 14.4 Å². The molecule has 6 nitrogen and oxygen atoms in total. The third-order valence-corrected chi connectivity index (χ3v) is 4.94. The van der Waals surface area contributed by atoms with Crippen molar-refractivity contribution in [1.29, 1.82) is 0 Å². The van der Waals surface area contributed by atoms with Crippen molar-refractivity contribution in [2.75, 3.05) is 24.2 Å². The van der Waals surface area contributed by atoms with E-state index >= 15 is 0 Å². The van der Waals surface area contributed by atoms with Gasteiger partial charge in [-0.05, 0) is 48.9 Å². The van der Waals surface area contributed by atoms with Crippen molar-refractivity contribution in [3.63, 3.8) is 0 Å². The number of carbonyl (C=O) groups excluding carboxylic acids is 1. The molecule has 0 aliphatic rings. The van der Waals surface area contributed by atoms with E-state index in [0.717, 1.165) is 28.3 Å². The lowest BCUT2D eigenvalue weighted by atomic mass is 10.1. The van der Waals surface area contributed by atoms with Gasteiger partial charge in [0.25, 0.3) is 0 Å². The Morgan fingerprint density at radius 1 is 1.15 bits per heavy atom. The molecule has 0 spiro atoms. The van der Waals surface area contributed by atoms with E-state index in [1.165, 1.54) is 12.1 Å². The maximum Gasteiger partial charge on any atom is 0.241 e. The lowest BCUT2D eigenvalue weighted by Crippen LogP contribution is -2.41. The fourth-order valence-electron chi connectivity index (χ4n) is 2.40. The number of ether oxygens (including phenoxy) is 1. The fraction of sp³-hybridized carbons (Fsp3) is 0.278. The molecule has 0 saturated heterocycles. The van der Waals surface area contributed by atoms with Crippen molar-refractivity contribution >= 4 is 21.6 Å². The maximum absolute atomic E-state index is 13.1. The van der Waals surface area contributed by atoms with Crippen molar-refractivity contribution in [1.82, 2.24) is 5.32 Å². The first-order chi connectivity index (χ1) is 12.2. The molecular weight excluding hydrogens is 359 g/mol. The zero-order chi connectivity index (χ0) is 19.3. The average Bonchev–Trinajstić information content (AvgIpc) is 2.59. The number of halogens is 1. The number of amides is 1. The van der Waals surface area contributed by atoms with Gasteiger partial charge in [-0.15, -0.1) is 0 Å². The minimum Gasteiger partial charge on any atom is -0.497 e. The molecule has 140 valence electrons. The van der Waals surface area contributed by atoms with Crippen LogP contribution in [0.25, 0.3) is 0 Å². The van der Waals surface area contributed by atoms with Gasteiger partial charge in [-0.2, -0.15) is 0 Å². The summed E-state index contributed by atoms with van der Waals surface area (Å²) in [7, 11) is -2.14. The Morgan fingerprint density at radius 3 is 2.23 bits per heavy atom. The van der Waals surface area contributed by atoms with Gasteiger partial charge in [-0.25, -0.2) is 12.8 Å². The van der Waals surface area contributed by atoms with Crippen LogP contribution in [-0.4, -0.2) is 34.2 Å². The summed E-state index contributed by atoms with van der Waals surface area (Å²) in [5.74, 6) is -0.255. The molecule has 1 atom stereocenters. The van der Waals surface area contributed by atoms with Gasteiger partial charge in [0.05, 0.1) is 25.1 Å². The summed E-state index contributed by atoms with van der Waals surface area (Å²) >= 11 is 0. The number of methoxy groups -OCH3 is 1. The van der Waals surface area contributed by atoms with E-state index in [-0.39, 0.29) is 11.7 Å². The molecule has 1 unspecified atom stereocenters. The Balaban J connectivity index is 2.10. The molecule has 0 saturated carbocycles. The monoisotopic (exact) mass is 380 g/mol. The van der Waals surface area contributed by atoms with Crippen molar-refractivity contribution in [3.8, 4) is 5.75 Å².